The van der Waals surface area contributed by atoms with E-state index in [1.807, 2.05) is 0 Å². The first-order valence-corrected chi connectivity index (χ1v) is 11.8. The molecular formula is C26H28N4O8. The van der Waals surface area contributed by atoms with E-state index >= 15 is 0 Å². The molecule has 3 rings (SSSR count). The Hall–Kier alpha value is -4.42. The Kier molecular flexibility index (Phi) is 9.79. The molecule has 1 saturated heterocycles. The Morgan fingerprint density at radius 2 is 1.00 bits per heavy atom. The Balaban J connectivity index is 1.52. The average molecular weight is 525 g/mol. The first-order valence-electron chi connectivity index (χ1n) is 11.8. The molecule has 12 heteroatoms. The normalized spacial score (nSPS) is 18.5. The van der Waals surface area contributed by atoms with E-state index in [4.69, 9.17) is 0 Å². The molecule has 1 heterocycles. The van der Waals surface area contributed by atoms with Crippen LogP contribution in [0.15, 0.2) is 60.7 Å². The summed E-state index contributed by atoms with van der Waals surface area (Å²) >= 11 is 0. The van der Waals surface area contributed by atoms with Gasteiger partial charge in [-0.05, 0) is 24.0 Å². The third kappa shape index (κ3) is 7.79. The van der Waals surface area contributed by atoms with Crippen molar-refractivity contribution in [3.8, 4) is 0 Å². The predicted octanol–water partition coefficient (Wildman–Crippen LogP) is -1.32. The SMILES string of the molecule is O=C(CN[C@@H](Cc1ccccc1)C(=O)O)[C@@H]1NC(=O)[C@H](C(=O)CN[C@@H](Cc2ccccc2)C(=O)O)NC1=O. The highest BCUT2D eigenvalue weighted by Crippen LogP contribution is 2.06. The van der Waals surface area contributed by atoms with Crippen molar-refractivity contribution in [2.45, 2.75) is 37.0 Å². The molecule has 2 aromatic rings. The van der Waals surface area contributed by atoms with Crippen LogP contribution in [0.4, 0.5) is 0 Å². The molecule has 0 aliphatic carbocycles. The first kappa shape index (κ1) is 28.2. The van der Waals surface area contributed by atoms with Crippen LogP contribution in [-0.4, -0.2) is 82.8 Å². The van der Waals surface area contributed by atoms with Gasteiger partial charge in [0.05, 0.1) is 13.1 Å². The highest BCUT2D eigenvalue weighted by Gasteiger charge is 2.41. The van der Waals surface area contributed by atoms with Crippen molar-refractivity contribution in [1.29, 1.82) is 0 Å². The maximum Gasteiger partial charge on any atom is 0.321 e. The second-order valence-electron chi connectivity index (χ2n) is 8.74. The lowest BCUT2D eigenvalue weighted by Gasteiger charge is -2.28. The number of aliphatic carboxylic acids is 2. The van der Waals surface area contributed by atoms with E-state index in [0.717, 1.165) is 11.1 Å². The third-order valence-electron chi connectivity index (χ3n) is 5.95. The van der Waals surface area contributed by atoms with Crippen LogP contribution in [0.25, 0.3) is 0 Å². The van der Waals surface area contributed by atoms with E-state index in [0.29, 0.717) is 0 Å². The number of nitrogens with one attached hydrogen (secondary N) is 4. The van der Waals surface area contributed by atoms with Gasteiger partial charge in [0, 0.05) is 0 Å². The largest absolute Gasteiger partial charge is 0.480 e. The number of carboxylic acid groups (broad SMARTS) is 2. The fourth-order valence-corrected chi connectivity index (χ4v) is 3.88. The number of hydrogen-bond acceptors (Lipinski definition) is 8. The van der Waals surface area contributed by atoms with Crippen molar-refractivity contribution in [2.24, 2.45) is 0 Å². The maximum absolute atomic E-state index is 12.6. The van der Waals surface area contributed by atoms with Crippen LogP contribution in [0.5, 0.6) is 0 Å². The van der Waals surface area contributed by atoms with Gasteiger partial charge in [-0.2, -0.15) is 0 Å². The Labute approximate surface area is 217 Å². The topological polar surface area (TPSA) is 191 Å². The standard InChI is InChI=1S/C26H28N4O8/c31-19(13-27-17(25(35)36)11-15-7-3-1-4-8-15)21-23(33)30-22(24(34)29-21)20(32)14-28-18(26(37)38)12-16-9-5-2-6-10-16/h1-10,17-18,21-22,27-28H,11-14H2,(H,29,34)(H,30,33)(H,35,36)(H,37,38)/t17-,18-,21-,22-/m0/s1. The van der Waals surface area contributed by atoms with Crippen LogP contribution in [0.2, 0.25) is 0 Å². The zero-order valence-electron chi connectivity index (χ0n) is 20.3. The van der Waals surface area contributed by atoms with Crippen LogP contribution in [0.1, 0.15) is 11.1 Å². The number of hydrogen-bond donors (Lipinski definition) is 6. The van der Waals surface area contributed by atoms with Crippen LogP contribution < -0.4 is 21.3 Å². The minimum Gasteiger partial charge on any atom is -0.480 e. The zero-order chi connectivity index (χ0) is 27.7. The van der Waals surface area contributed by atoms with E-state index in [1.54, 1.807) is 60.7 Å². The number of carbonyl (C=O) groups excluding carboxylic acids is 4. The van der Waals surface area contributed by atoms with Crippen LogP contribution in [-0.2, 0) is 41.6 Å². The van der Waals surface area contributed by atoms with Gasteiger partial charge in [-0.25, -0.2) is 0 Å². The molecule has 2 aromatic carbocycles. The molecule has 0 bridgehead atoms. The number of piperazine rings is 1. The Morgan fingerprint density at radius 3 is 1.32 bits per heavy atom. The summed E-state index contributed by atoms with van der Waals surface area (Å²) in [6.07, 6.45) is 0.190. The van der Waals surface area contributed by atoms with Gasteiger partial charge in [-0.15, -0.1) is 0 Å². The van der Waals surface area contributed by atoms with Gasteiger partial charge in [0.2, 0.25) is 0 Å². The van der Waals surface area contributed by atoms with Crippen LogP contribution in [0, 0.1) is 0 Å². The molecule has 1 aliphatic heterocycles. The van der Waals surface area contributed by atoms with E-state index < -0.39 is 72.6 Å². The smallest absolute Gasteiger partial charge is 0.321 e. The molecular weight excluding hydrogens is 496 g/mol. The maximum atomic E-state index is 12.6. The molecule has 0 unspecified atom stereocenters. The quantitative estimate of drug-likeness (QED) is 0.162. The molecule has 0 aromatic heterocycles. The lowest BCUT2D eigenvalue weighted by molar-refractivity contribution is -0.145. The number of Topliss-reactive ketones (excluding diaryl/α,β-unsaturated/α-hetero) is 2. The van der Waals surface area contributed by atoms with Gasteiger partial charge >= 0.3 is 11.9 Å². The predicted molar refractivity (Wildman–Crippen MR) is 133 cm³/mol. The number of carboxylic acids is 2. The van der Waals surface area contributed by atoms with Crippen molar-refractivity contribution in [3.05, 3.63) is 71.8 Å². The van der Waals surface area contributed by atoms with Gasteiger partial charge in [-0.1, -0.05) is 60.7 Å². The van der Waals surface area contributed by atoms with Gasteiger partial charge in [0.25, 0.3) is 11.8 Å². The van der Waals surface area contributed by atoms with Crippen molar-refractivity contribution in [2.75, 3.05) is 13.1 Å². The molecule has 0 saturated carbocycles. The molecule has 12 nitrogen and oxygen atoms in total. The summed E-state index contributed by atoms with van der Waals surface area (Å²) in [7, 11) is 0. The summed E-state index contributed by atoms with van der Waals surface area (Å²) in [6, 6.07) is 12.1. The van der Waals surface area contributed by atoms with Crippen molar-refractivity contribution < 1.29 is 39.0 Å². The summed E-state index contributed by atoms with van der Waals surface area (Å²) in [6.45, 7) is -1.02. The Morgan fingerprint density at radius 1 is 0.658 bits per heavy atom. The number of ketones is 2. The summed E-state index contributed by atoms with van der Waals surface area (Å²) in [5.41, 5.74) is 1.46. The van der Waals surface area contributed by atoms with Crippen molar-refractivity contribution >= 4 is 35.3 Å². The summed E-state index contributed by atoms with van der Waals surface area (Å²) in [5.74, 6) is -5.80. The molecule has 0 radical (unpaired) electrons. The fraction of sp³-hybridized carbons (Fsp3) is 0.308. The number of rotatable bonds is 14. The Bertz CT molecular complexity index is 1090. The van der Waals surface area contributed by atoms with Crippen LogP contribution >= 0.6 is 0 Å². The third-order valence-corrected chi connectivity index (χ3v) is 5.95. The molecule has 4 atom stereocenters. The molecule has 1 fully saturated rings. The first-order chi connectivity index (χ1) is 18.2. The monoisotopic (exact) mass is 524 g/mol. The van der Waals surface area contributed by atoms with E-state index in [2.05, 4.69) is 21.3 Å². The lowest BCUT2D eigenvalue weighted by Crippen LogP contribution is -2.68. The zero-order valence-corrected chi connectivity index (χ0v) is 20.3. The number of carbonyl (C=O) groups is 6. The number of benzene rings is 2. The summed E-state index contributed by atoms with van der Waals surface area (Å²) in [5, 5.41) is 28.5. The van der Waals surface area contributed by atoms with Crippen molar-refractivity contribution in [3.63, 3.8) is 0 Å². The van der Waals surface area contributed by atoms with Gasteiger partial charge < -0.3 is 20.8 Å². The summed E-state index contributed by atoms with van der Waals surface area (Å²) < 4.78 is 0. The molecule has 38 heavy (non-hydrogen) atoms. The molecule has 0 spiro atoms. The van der Waals surface area contributed by atoms with Crippen LogP contribution in [0.3, 0.4) is 0 Å². The highest BCUT2D eigenvalue weighted by molar-refractivity contribution is 6.18. The molecule has 2 amide bonds. The molecule has 1 aliphatic rings. The highest BCUT2D eigenvalue weighted by atomic mass is 16.4. The van der Waals surface area contributed by atoms with E-state index in [-0.39, 0.29) is 12.8 Å². The summed E-state index contributed by atoms with van der Waals surface area (Å²) in [4.78, 5) is 73.3. The van der Waals surface area contributed by atoms with E-state index in [9.17, 15) is 39.0 Å². The van der Waals surface area contributed by atoms with Gasteiger partial charge in [0.1, 0.15) is 12.1 Å². The second kappa shape index (κ2) is 13.2. The van der Waals surface area contributed by atoms with Gasteiger partial charge in [-0.3, -0.25) is 39.4 Å². The fourth-order valence-electron chi connectivity index (χ4n) is 3.88. The lowest BCUT2D eigenvalue weighted by atomic mass is 10.0. The van der Waals surface area contributed by atoms with Gasteiger partial charge in [0.15, 0.2) is 23.7 Å². The second-order valence-corrected chi connectivity index (χ2v) is 8.74. The van der Waals surface area contributed by atoms with E-state index in [1.165, 1.54) is 0 Å². The minimum atomic E-state index is -1.61. The minimum absolute atomic E-state index is 0.0951. The molecule has 200 valence electrons. The average Bonchev–Trinajstić information content (AvgIpc) is 2.90. The van der Waals surface area contributed by atoms with Crippen molar-refractivity contribution in [1.82, 2.24) is 21.3 Å². The molecule has 6 N–H and O–H groups in total. The number of amides is 2.